The molecular formula is C15H18ClN3O. The summed E-state index contributed by atoms with van der Waals surface area (Å²) in [6, 6.07) is 11.6. The van der Waals surface area contributed by atoms with Gasteiger partial charge >= 0.3 is 0 Å². The van der Waals surface area contributed by atoms with Gasteiger partial charge in [0.15, 0.2) is 0 Å². The van der Waals surface area contributed by atoms with Crippen molar-refractivity contribution < 1.29 is 4.74 Å². The lowest BCUT2D eigenvalue weighted by Crippen LogP contribution is -2.21. The van der Waals surface area contributed by atoms with Crippen LogP contribution in [0.4, 0.5) is 5.82 Å². The molecule has 0 radical (unpaired) electrons. The molecule has 0 amide bonds. The van der Waals surface area contributed by atoms with Gasteiger partial charge in [-0.1, -0.05) is 29.8 Å². The van der Waals surface area contributed by atoms with Gasteiger partial charge in [0.2, 0.25) is 0 Å². The molecule has 2 aromatic rings. The molecule has 1 aromatic carbocycles. The minimum Gasteiger partial charge on any atom is -0.494 e. The molecule has 106 valence electrons. The van der Waals surface area contributed by atoms with Gasteiger partial charge in [0.25, 0.3) is 0 Å². The third-order valence-electron chi connectivity index (χ3n) is 2.83. The van der Waals surface area contributed by atoms with E-state index >= 15 is 0 Å². The molecule has 0 aliphatic carbocycles. The molecule has 0 spiro atoms. The first-order valence-corrected chi connectivity index (χ1v) is 6.93. The average Bonchev–Trinajstić information content (AvgIpc) is 2.43. The van der Waals surface area contributed by atoms with E-state index in [-0.39, 0.29) is 0 Å². The van der Waals surface area contributed by atoms with Crippen LogP contribution in [-0.2, 0) is 0 Å². The lowest BCUT2D eigenvalue weighted by atomic mass is 10.3. The van der Waals surface area contributed by atoms with Crippen LogP contribution in [0.5, 0.6) is 5.75 Å². The number of ether oxygens (including phenoxy) is 1. The Kier molecular flexibility index (Phi) is 5.18. The number of rotatable bonds is 6. The summed E-state index contributed by atoms with van der Waals surface area (Å²) in [5.74, 6) is 2.41. The Morgan fingerprint density at radius 3 is 2.65 bits per heavy atom. The molecule has 4 nitrogen and oxygen atoms in total. The number of nitrogens with zero attached hydrogens (tertiary/aromatic N) is 3. The van der Waals surface area contributed by atoms with E-state index in [1.54, 1.807) is 6.07 Å². The first-order chi connectivity index (χ1) is 9.65. The number of hydrogen-bond acceptors (Lipinski definition) is 4. The summed E-state index contributed by atoms with van der Waals surface area (Å²) < 4.78 is 5.65. The van der Waals surface area contributed by atoms with Gasteiger partial charge < -0.3 is 9.64 Å². The molecule has 0 N–H and O–H groups in total. The molecule has 1 heterocycles. The molecule has 0 aliphatic heterocycles. The highest BCUT2D eigenvalue weighted by Crippen LogP contribution is 2.15. The van der Waals surface area contributed by atoms with Crippen molar-refractivity contribution in [2.24, 2.45) is 0 Å². The van der Waals surface area contributed by atoms with Crippen LogP contribution in [0.2, 0.25) is 5.15 Å². The Hall–Kier alpha value is -1.81. The molecule has 0 saturated carbocycles. The third kappa shape index (κ3) is 4.38. The summed E-state index contributed by atoms with van der Waals surface area (Å²) in [4.78, 5) is 10.5. The summed E-state index contributed by atoms with van der Waals surface area (Å²) >= 11 is 5.93. The molecular weight excluding hydrogens is 274 g/mol. The van der Waals surface area contributed by atoms with E-state index in [4.69, 9.17) is 16.3 Å². The number of anilines is 1. The summed E-state index contributed by atoms with van der Waals surface area (Å²) in [5.41, 5.74) is 0. The summed E-state index contributed by atoms with van der Waals surface area (Å²) in [7, 11) is 1.99. The van der Waals surface area contributed by atoms with Crippen LogP contribution >= 0.6 is 11.6 Å². The highest BCUT2D eigenvalue weighted by Gasteiger charge is 2.05. The van der Waals surface area contributed by atoms with Crippen molar-refractivity contribution in [1.29, 1.82) is 0 Å². The fraction of sp³-hybridized carbons (Fsp3) is 0.333. The van der Waals surface area contributed by atoms with Crippen molar-refractivity contribution in [1.82, 2.24) is 9.97 Å². The maximum Gasteiger partial charge on any atom is 0.134 e. The number of aryl methyl sites for hydroxylation is 1. The SMILES string of the molecule is Cc1nc(Cl)cc(N(C)CCCOc2ccccc2)n1. The van der Waals surface area contributed by atoms with Gasteiger partial charge in [-0.25, -0.2) is 9.97 Å². The summed E-state index contributed by atoms with van der Waals surface area (Å²) in [6.07, 6.45) is 0.909. The zero-order valence-corrected chi connectivity index (χ0v) is 12.5. The lowest BCUT2D eigenvalue weighted by Gasteiger charge is -2.18. The smallest absolute Gasteiger partial charge is 0.134 e. The van der Waals surface area contributed by atoms with Gasteiger partial charge in [-0.3, -0.25) is 0 Å². The fourth-order valence-corrected chi connectivity index (χ4v) is 2.05. The largest absolute Gasteiger partial charge is 0.494 e. The molecule has 0 bridgehead atoms. The standard InChI is InChI=1S/C15H18ClN3O/c1-12-17-14(16)11-15(18-12)19(2)9-6-10-20-13-7-4-3-5-8-13/h3-5,7-8,11H,6,9-10H2,1-2H3. The Morgan fingerprint density at radius 2 is 1.95 bits per heavy atom. The fourth-order valence-electron chi connectivity index (χ4n) is 1.83. The van der Waals surface area contributed by atoms with Crippen LogP contribution in [0.1, 0.15) is 12.2 Å². The molecule has 20 heavy (non-hydrogen) atoms. The highest BCUT2D eigenvalue weighted by molar-refractivity contribution is 6.29. The maximum absolute atomic E-state index is 5.93. The molecule has 0 aliphatic rings. The first-order valence-electron chi connectivity index (χ1n) is 6.55. The van der Waals surface area contributed by atoms with Crippen LogP contribution in [0.25, 0.3) is 0 Å². The van der Waals surface area contributed by atoms with E-state index in [0.29, 0.717) is 17.6 Å². The van der Waals surface area contributed by atoms with Gasteiger partial charge in [0, 0.05) is 19.7 Å². The molecule has 0 atom stereocenters. The average molecular weight is 292 g/mol. The van der Waals surface area contributed by atoms with Crippen molar-refractivity contribution in [3.8, 4) is 5.75 Å². The van der Waals surface area contributed by atoms with Crippen LogP contribution in [0, 0.1) is 6.92 Å². The summed E-state index contributed by atoms with van der Waals surface area (Å²) in [5, 5.41) is 0.472. The van der Waals surface area contributed by atoms with Crippen LogP contribution in [-0.4, -0.2) is 30.2 Å². The van der Waals surface area contributed by atoms with Gasteiger partial charge in [-0.2, -0.15) is 0 Å². The highest BCUT2D eigenvalue weighted by atomic mass is 35.5. The van der Waals surface area contributed by atoms with Gasteiger partial charge in [-0.05, 0) is 25.5 Å². The number of benzene rings is 1. The van der Waals surface area contributed by atoms with Crippen LogP contribution in [0.15, 0.2) is 36.4 Å². The van der Waals surface area contributed by atoms with Crippen molar-refractivity contribution in [2.75, 3.05) is 25.1 Å². The van der Waals surface area contributed by atoms with Crippen LogP contribution in [0.3, 0.4) is 0 Å². The summed E-state index contributed by atoms with van der Waals surface area (Å²) in [6.45, 7) is 3.35. The molecule has 5 heteroatoms. The van der Waals surface area contributed by atoms with Crippen molar-refractivity contribution in [3.05, 3.63) is 47.4 Å². The van der Waals surface area contributed by atoms with Crippen LogP contribution < -0.4 is 9.64 Å². The first kappa shape index (κ1) is 14.6. The van der Waals surface area contributed by atoms with E-state index in [0.717, 1.165) is 24.5 Å². The van der Waals surface area contributed by atoms with Crippen molar-refractivity contribution in [3.63, 3.8) is 0 Å². The second-order valence-electron chi connectivity index (χ2n) is 4.53. The normalized spacial score (nSPS) is 10.3. The zero-order chi connectivity index (χ0) is 14.4. The van der Waals surface area contributed by atoms with E-state index in [2.05, 4.69) is 14.9 Å². The quantitative estimate of drug-likeness (QED) is 0.604. The Labute approximate surface area is 124 Å². The Balaban J connectivity index is 1.79. The van der Waals surface area contributed by atoms with Crippen molar-refractivity contribution in [2.45, 2.75) is 13.3 Å². The molecule has 2 rings (SSSR count). The lowest BCUT2D eigenvalue weighted by molar-refractivity contribution is 0.312. The van der Waals surface area contributed by atoms with E-state index in [1.807, 2.05) is 44.3 Å². The van der Waals surface area contributed by atoms with E-state index in [9.17, 15) is 0 Å². The number of aromatic nitrogens is 2. The number of halogens is 1. The minimum absolute atomic E-state index is 0.472. The number of hydrogen-bond donors (Lipinski definition) is 0. The van der Waals surface area contributed by atoms with Gasteiger partial charge in [0.1, 0.15) is 22.5 Å². The monoisotopic (exact) mass is 291 g/mol. The second-order valence-corrected chi connectivity index (χ2v) is 4.92. The topological polar surface area (TPSA) is 38.2 Å². The Morgan fingerprint density at radius 1 is 1.20 bits per heavy atom. The molecule has 0 unspecified atom stereocenters. The molecule has 1 aromatic heterocycles. The maximum atomic E-state index is 5.93. The van der Waals surface area contributed by atoms with E-state index < -0.39 is 0 Å². The molecule has 0 saturated heterocycles. The van der Waals surface area contributed by atoms with Gasteiger partial charge in [-0.15, -0.1) is 0 Å². The predicted octanol–water partition coefficient (Wildman–Crippen LogP) is 3.34. The van der Waals surface area contributed by atoms with Crippen molar-refractivity contribution >= 4 is 17.4 Å². The van der Waals surface area contributed by atoms with Gasteiger partial charge in [0.05, 0.1) is 6.61 Å². The zero-order valence-electron chi connectivity index (χ0n) is 11.7. The van der Waals surface area contributed by atoms with E-state index in [1.165, 1.54) is 0 Å². The Bertz CT molecular complexity index is 528. The molecule has 0 fully saturated rings. The second kappa shape index (κ2) is 7.10. The minimum atomic E-state index is 0.472. The third-order valence-corrected chi connectivity index (χ3v) is 3.03. The predicted molar refractivity (Wildman–Crippen MR) is 81.6 cm³/mol. The number of para-hydroxylation sites is 1.